The Bertz CT molecular complexity index is 953. The summed E-state index contributed by atoms with van der Waals surface area (Å²) in [6, 6.07) is 10.1. The van der Waals surface area contributed by atoms with E-state index in [-0.39, 0.29) is 14.7 Å². The lowest BCUT2D eigenvalue weighted by Crippen LogP contribution is -2.04. The number of hydrogen-bond donors (Lipinski definition) is 0. The number of halogens is 1. The highest BCUT2D eigenvalue weighted by Crippen LogP contribution is 2.26. The van der Waals surface area contributed by atoms with Crippen LogP contribution in [0.1, 0.15) is 5.56 Å². The molecule has 0 spiro atoms. The number of rotatable bonds is 3. The van der Waals surface area contributed by atoms with Crippen molar-refractivity contribution in [3.8, 4) is 0 Å². The van der Waals surface area contributed by atoms with E-state index in [1.54, 1.807) is 6.07 Å². The lowest BCUT2D eigenvalue weighted by atomic mass is 10.2. The zero-order valence-corrected chi connectivity index (χ0v) is 13.0. The molecule has 0 fully saturated rings. The first kappa shape index (κ1) is 14.4. The van der Waals surface area contributed by atoms with Gasteiger partial charge in [-0.2, -0.15) is 0 Å². The van der Waals surface area contributed by atoms with E-state index in [0.717, 1.165) is 27.4 Å². The van der Waals surface area contributed by atoms with Crippen molar-refractivity contribution in [3.63, 3.8) is 0 Å². The molecule has 21 heavy (non-hydrogen) atoms. The third-order valence-corrected chi connectivity index (χ3v) is 6.71. The number of sulfone groups is 1. The van der Waals surface area contributed by atoms with E-state index >= 15 is 0 Å². The van der Waals surface area contributed by atoms with Crippen LogP contribution >= 0.6 is 22.7 Å². The molecule has 3 aromatic rings. The van der Waals surface area contributed by atoms with Gasteiger partial charge in [0.05, 0.1) is 15.3 Å². The van der Waals surface area contributed by atoms with Crippen LogP contribution < -0.4 is 4.06 Å². The van der Waals surface area contributed by atoms with Crippen molar-refractivity contribution >= 4 is 41.9 Å². The zero-order valence-electron chi connectivity index (χ0n) is 10.6. The molecule has 0 unspecified atom stereocenters. The molecule has 7 heteroatoms. The smallest absolute Gasteiger partial charge is 0.265 e. The van der Waals surface area contributed by atoms with Crippen molar-refractivity contribution in [2.75, 3.05) is 0 Å². The predicted octanol–water partition coefficient (Wildman–Crippen LogP) is 3.44. The van der Waals surface area contributed by atoms with Crippen molar-refractivity contribution < 1.29 is 12.8 Å². The summed E-state index contributed by atoms with van der Waals surface area (Å²) in [4.78, 5) is 11.5. The molecule has 1 aromatic heterocycles. The summed E-state index contributed by atoms with van der Waals surface area (Å²) in [6.45, 7) is 0. The molecule has 3 nitrogen and oxygen atoms in total. The fourth-order valence-electron chi connectivity index (χ4n) is 1.93. The molecule has 0 radical (unpaired) electrons. The van der Waals surface area contributed by atoms with E-state index in [1.807, 2.05) is 0 Å². The topological polar surface area (TPSA) is 51.2 Å². The van der Waals surface area contributed by atoms with E-state index in [1.165, 1.54) is 36.4 Å². The van der Waals surface area contributed by atoms with Crippen molar-refractivity contribution in [3.05, 3.63) is 62.7 Å². The Morgan fingerprint density at radius 3 is 2.33 bits per heavy atom. The van der Waals surface area contributed by atoms with Gasteiger partial charge in [0.2, 0.25) is 0 Å². The maximum Gasteiger partial charge on any atom is 0.288 e. The van der Waals surface area contributed by atoms with Gasteiger partial charge in [-0.15, -0.1) is 0 Å². The van der Waals surface area contributed by atoms with Crippen LogP contribution in [0.3, 0.4) is 0 Å². The standard InChI is InChI=1S/C14H9FO3S3/c15-10-3-1-9(2-4-10)8-21(17,18)11-5-6-12-13(7-11)20-14(16)19-12/h1-7H,8H2. The van der Waals surface area contributed by atoms with Gasteiger partial charge in [-0.05, 0) is 35.9 Å². The molecule has 0 saturated heterocycles. The van der Waals surface area contributed by atoms with Crippen molar-refractivity contribution in [2.45, 2.75) is 10.6 Å². The molecule has 0 aliphatic heterocycles. The first-order chi connectivity index (χ1) is 9.94. The van der Waals surface area contributed by atoms with Gasteiger partial charge in [0.1, 0.15) is 5.82 Å². The number of hydrogen-bond acceptors (Lipinski definition) is 5. The molecule has 108 valence electrons. The van der Waals surface area contributed by atoms with E-state index in [4.69, 9.17) is 0 Å². The summed E-state index contributed by atoms with van der Waals surface area (Å²) < 4.78 is 39.0. The Morgan fingerprint density at radius 1 is 0.952 bits per heavy atom. The van der Waals surface area contributed by atoms with E-state index in [9.17, 15) is 17.6 Å². The molecule has 0 saturated carbocycles. The Balaban J connectivity index is 1.99. The third kappa shape index (κ3) is 3.04. The minimum Gasteiger partial charge on any atom is -0.265 e. The molecule has 1 heterocycles. The van der Waals surface area contributed by atoms with Gasteiger partial charge >= 0.3 is 0 Å². The van der Waals surface area contributed by atoms with Gasteiger partial charge in [-0.3, -0.25) is 4.79 Å². The van der Waals surface area contributed by atoms with Crippen LogP contribution in [0.2, 0.25) is 0 Å². The highest BCUT2D eigenvalue weighted by atomic mass is 32.2. The summed E-state index contributed by atoms with van der Waals surface area (Å²) >= 11 is 2.14. The van der Waals surface area contributed by atoms with E-state index in [0.29, 0.717) is 10.3 Å². The molecule has 2 aromatic carbocycles. The summed E-state index contributed by atoms with van der Waals surface area (Å²) in [5.41, 5.74) is 0.523. The van der Waals surface area contributed by atoms with Gasteiger partial charge in [-0.25, -0.2) is 12.8 Å². The van der Waals surface area contributed by atoms with Crippen LogP contribution in [0.15, 0.2) is 52.2 Å². The predicted molar refractivity (Wildman–Crippen MR) is 83.3 cm³/mol. The van der Waals surface area contributed by atoms with Crippen LogP contribution in [0.4, 0.5) is 4.39 Å². The van der Waals surface area contributed by atoms with Gasteiger partial charge in [-0.1, -0.05) is 34.8 Å². The normalized spacial score (nSPS) is 11.9. The highest BCUT2D eigenvalue weighted by molar-refractivity contribution is 7.90. The number of benzene rings is 2. The average Bonchev–Trinajstić information content (AvgIpc) is 2.80. The van der Waals surface area contributed by atoms with E-state index < -0.39 is 15.7 Å². The maximum atomic E-state index is 12.8. The lowest BCUT2D eigenvalue weighted by molar-refractivity contribution is 0.595. The average molecular weight is 340 g/mol. The Hall–Kier alpha value is -1.57. The number of fused-ring (bicyclic) bond motifs is 1. The minimum absolute atomic E-state index is 0.0573. The second-order valence-electron chi connectivity index (χ2n) is 4.45. The highest BCUT2D eigenvalue weighted by Gasteiger charge is 2.16. The van der Waals surface area contributed by atoms with E-state index in [2.05, 4.69) is 0 Å². The lowest BCUT2D eigenvalue weighted by Gasteiger charge is -2.05. The quantitative estimate of drug-likeness (QED) is 0.734. The van der Waals surface area contributed by atoms with Crippen molar-refractivity contribution in [2.24, 2.45) is 0 Å². The zero-order chi connectivity index (χ0) is 15.0. The maximum absolute atomic E-state index is 12.8. The molecular weight excluding hydrogens is 331 g/mol. The molecule has 0 atom stereocenters. The van der Waals surface area contributed by atoms with Crippen molar-refractivity contribution in [1.82, 2.24) is 0 Å². The second kappa shape index (κ2) is 5.32. The van der Waals surface area contributed by atoms with Gasteiger partial charge < -0.3 is 0 Å². The van der Waals surface area contributed by atoms with Gasteiger partial charge in [0.25, 0.3) is 4.06 Å². The van der Waals surface area contributed by atoms with Gasteiger partial charge in [0, 0.05) is 4.70 Å². The largest absolute Gasteiger partial charge is 0.288 e. The third-order valence-electron chi connectivity index (χ3n) is 2.93. The molecule has 3 rings (SSSR count). The van der Waals surface area contributed by atoms with Crippen molar-refractivity contribution in [1.29, 1.82) is 0 Å². The summed E-state index contributed by atoms with van der Waals surface area (Å²) in [7, 11) is -3.52. The second-order valence-corrected chi connectivity index (χ2v) is 8.73. The monoisotopic (exact) mass is 340 g/mol. The van der Waals surface area contributed by atoms with Crippen LogP contribution in [0.25, 0.3) is 9.40 Å². The van der Waals surface area contributed by atoms with Crippen LogP contribution in [0.5, 0.6) is 0 Å². The molecule has 0 aliphatic carbocycles. The molecule has 0 bridgehead atoms. The fourth-order valence-corrected chi connectivity index (χ4v) is 5.34. The molecule has 0 aliphatic rings. The Labute approximate surface area is 128 Å². The Kier molecular flexibility index (Phi) is 3.64. The SMILES string of the molecule is O=c1sc2ccc(S(=O)(=O)Cc3ccc(F)cc3)cc2s1. The first-order valence-corrected chi connectivity index (χ1v) is 9.23. The summed E-state index contributed by atoms with van der Waals surface area (Å²) in [5, 5.41) is 0. The van der Waals surface area contributed by atoms with Crippen LogP contribution in [-0.2, 0) is 15.6 Å². The molecule has 0 amide bonds. The Morgan fingerprint density at radius 2 is 1.62 bits per heavy atom. The summed E-state index contributed by atoms with van der Waals surface area (Å²) in [6.07, 6.45) is 0. The summed E-state index contributed by atoms with van der Waals surface area (Å²) in [5.74, 6) is -0.599. The fraction of sp³-hybridized carbons (Fsp3) is 0.0714. The molecule has 0 N–H and O–H groups in total. The molecular formula is C14H9FO3S3. The van der Waals surface area contributed by atoms with Gasteiger partial charge in [0.15, 0.2) is 9.84 Å². The van der Waals surface area contributed by atoms with Crippen LogP contribution in [0, 0.1) is 5.82 Å². The van der Waals surface area contributed by atoms with Crippen LogP contribution in [-0.4, -0.2) is 8.42 Å². The minimum atomic E-state index is -3.52. The first-order valence-electron chi connectivity index (χ1n) is 5.95.